The van der Waals surface area contributed by atoms with Crippen LogP contribution in [0, 0.1) is 11.3 Å². The van der Waals surface area contributed by atoms with Crippen LogP contribution in [0.1, 0.15) is 121 Å². The molecule has 258 valence electrons. The number of pyridine rings is 1. The number of carbonyl (C=O) groups excluding carboxylic acids is 1. The first kappa shape index (κ1) is 42.2. The fraction of sp³-hybridized carbons (Fsp3) is 0.684. The topological polar surface area (TPSA) is 70.1 Å². The number of nitrogens with zero attached hydrogens (tertiary/aromatic N) is 2. The summed E-state index contributed by atoms with van der Waals surface area (Å²) in [6, 6.07) is 5.72. The van der Waals surface area contributed by atoms with Crippen molar-refractivity contribution in [2.24, 2.45) is 11.3 Å². The number of benzene rings is 1. The Labute approximate surface area is 276 Å². The maximum atomic E-state index is 12.7. The summed E-state index contributed by atoms with van der Waals surface area (Å²) >= 11 is 0. The van der Waals surface area contributed by atoms with E-state index in [9.17, 15) is 4.79 Å². The summed E-state index contributed by atoms with van der Waals surface area (Å²) in [4.78, 5) is 19.2. The number of aromatic nitrogens is 1. The summed E-state index contributed by atoms with van der Waals surface area (Å²) in [5.74, 6) is 3.83. The Morgan fingerprint density at radius 1 is 0.978 bits per heavy atom. The van der Waals surface area contributed by atoms with Crippen LogP contribution in [0.5, 0.6) is 17.2 Å². The van der Waals surface area contributed by atoms with Gasteiger partial charge < -0.3 is 23.8 Å². The van der Waals surface area contributed by atoms with E-state index in [0.717, 1.165) is 80.8 Å². The van der Waals surface area contributed by atoms with E-state index in [1.165, 1.54) is 0 Å². The summed E-state index contributed by atoms with van der Waals surface area (Å²) < 4.78 is 23.4. The minimum atomic E-state index is 0.209. The largest absolute Gasteiger partial charge is 0.493 e. The predicted molar refractivity (Wildman–Crippen MR) is 191 cm³/mol. The molecule has 1 amide bonds. The van der Waals surface area contributed by atoms with E-state index in [4.69, 9.17) is 18.9 Å². The molecular weight excluding hydrogens is 564 g/mol. The number of rotatable bonds is 12. The standard InChI is InChI=1S/C30H42N2O5.4C2H6/c1-5-7-23(10-9-22(2)3)37-26-11-14-31-25-19-28(27(34-4)18-24(25)26)36-17-6-8-29(33)32-15-12-30(13-16-32)20-35-21-30;4*1-2/h7,11,14,18-19,22H,5-6,8-10,12-13,15-17,20-21H2,1-4H3;4*1-2H3. The SMILES string of the molecule is CC.CC.CC.CC.CCC=C(CCC(C)C)Oc1ccnc2cc(OCCCC(=O)N3CCC4(CC3)COC4)c(OC)cc12. The van der Waals surface area contributed by atoms with Gasteiger partial charge in [-0.3, -0.25) is 9.78 Å². The van der Waals surface area contributed by atoms with Crippen LogP contribution in [0.25, 0.3) is 10.9 Å². The van der Waals surface area contributed by atoms with E-state index in [2.05, 4.69) is 31.8 Å². The van der Waals surface area contributed by atoms with E-state index < -0.39 is 0 Å². The number of methoxy groups -OCH3 is 1. The van der Waals surface area contributed by atoms with Gasteiger partial charge in [-0.2, -0.15) is 0 Å². The highest BCUT2D eigenvalue weighted by Gasteiger charge is 2.41. The molecule has 3 heterocycles. The van der Waals surface area contributed by atoms with E-state index in [-0.39, 0.29) is 5.91 Å². The Bertz CT molecular complexity index is 1080. The van der Waals surface area contributed by atoms with Gasteiger partial charge >= 0.3 is 0 Å². The van der Waals surface area contributed by atoms with E-state index >= 15 is 0 Å². The fourth-order valence-electron chi connectivity index (χ4n) is 4.96. The third-order valence-corrected chi connectivity index (χ3v) is 7.41. The molecule has 2 aliphatic heterocycles. The zero-order chi connectivity index (χ0) is 34.3. The molecular formula is C38H66N2O5. The molecule has 2 fully saturated rings. The number of allylic oxidation sites excluding steroid dienone is 2. The van der Waals surface area contributed by atoms with Crippen molar-refractivity contribution >= 4 is 16.8 Å². The number of ether oxygens (including phenoxy) is 4. The van der Waals surface area contributed by atoms with Gasteiger partial charge in [0.15, 0.2) is 11.5 Å². The minimum Gasteiger partial charge on any atom is -0.493 e. The molecule has 2 saturated heterocycles. The van der Waals surface area contributed by atoms with Crippen molar-refractivity contribution in [3.05, 3.63) is 36.2 Å². The van der Waals surface area contributed by atoms with Crippen molar-refractivity contribution < 1.29 is 23.7 Å². The van der Waals surface area contributed by atoms with Gasteiger partial charge in [0.2, 0.25) is 5.91 Å². The summed E-state index contributed by atoms with van der Waals surface area (Å²) in [5, 5.41) is 0.883. The average Bonchev–Trinajstić information content (AvgIpc) is 3.08. The van der Waals surface area contributed by atoms with Crippen LogP contribution in [-0.4, -0.2) is 55.8 Å². The highest BCUT2D eigenvalue weighted by Crippen LogP contribution is 2.39. The van der Waals surface area contributed by atoms with Crippen LogP contribution in [0.4, 0.5) is 0 Å². The molecule has 7 heteroatoms. The predicted octanol–water partition coefficient (Wildman–Crippen LogP) is 10.3. The monoisotopic (exact) mass is 630 g/mol. The van der Waals surface area contributed by atoms with E-state index in [1.807, 2.05) is 78.5 Å². The second-order valence-corrected chi connectivity index (χ2v) is 10.8. The molecule has 0 unspecified atom stereocenters. The van der Waals surface area contributed by atoms with Crippen molar-refractivity contribution in [2.75, 3.05) is 40.0 Å². The lowest BCUT2D eigenvalue weighted by Gasteiger charge is -2.47. The molecule has 2 aromatic rings. The van der Waals surface area contributed by atoms with Crippen LogP contribution >= 0.6 is 0 Å². The summed E-state index contributed by atoms with van der Waals surface area (Å²) in [6.07, 6.45) is 10.1. The lowest BCUT2D eigenvalue weighted by atomic mass is 9.77. The lowest BCUT2D eigenvalue weighted by molar-refractivity contribution is -0.153. The smallest absolute Gasteiger partial charge is 0.222 e. The van der Waals surface area contributed by atoms with Gasteiger partial charge in [0.25, 0.3) is 0 Å². The maximum absolute atomic E-state index is 12.7. The third kappa shape index (κ3) is 13.6. The van der Waals surface area contributed by atoms with Crippen LogP contribution in [0.15, 0.2) is 36.2 Å². The molecule has 0 aliphatic carbocycles. The van der Waals surface area contributed by atoms with Crippen molar-refractivity contribution in [1.82, 2.24) is 9.88 Å². The Morgan fingerprint density at radius 3 is 2.16 bits per heavy atom. The molecule has 1 spiro atoms. The number of likely N-dealkylation sites (tertiary alicyclic amines) is 1. The van der Waals surface area contributed by atoms with Crippen LogP contribution in [0.2, 0.25) is 0 Å². The Morgan fingerprint density at radius 2 is 1.62 bits per heavy atom. The summed E-state index contributed by atoms with van der Waals surface area (Å²) in [5.41, 5.74) is 1.12. The maximum Gasteiger partial charge on any atom is 0.222 e. The molecule has 0 N–H and O–H groups in total. The highest BCUT2D eigenvalue weighted by molar-refractivity contribution is 5.88. The Balaban J connectivity index is 0.00000224. The number of hydrogen-bond acceptors (Lipinski definition) is 6. The summed E-state index contributed by atoms with van der Waals surface area (Å²) in [6.45, 7) is 26.4. The van der Waals surface area contributed by atoms with Gasteiger partial charge in [-0.1, -0.05) is 76.2 Å². The van der Waals surface area contributed by atoms with Gasteiger partial charge in [-0.15, -0.1) is 0 Å². The first-order valence-electron chi connectivity index (χ1n) is 17.7. The third-order valence-electron chi connectivity index (χ3n) is 7.41. The first-order chi connectivity index (χ1) is 21.9. The lowest BCUT2D eigenvalue weighted by Crippen LogP contribution is -2.52. The molecule has 1 aromatic carbocycles. The van der Waals surface area contributed by atoms with Crippen LogP contribution in [-0.2, 0) is 9.53 Å². The Kier molecular flexibility index (Phi) is 22.9. The van der Waals surface area contributed by atoms with Gasteiger partial charge in [-0.05, 0) is 56.2 Å². The van der Waals surface area contributed by atoms with Gasteiger partial charge in [0.05, 0.1) is 32.4 Å². The highest BCUT2D eigenvalue weighted by atomic mass is 16.5. The minimum absolute atomic E-state index is 0.209. The molecule has 0 saturated carbocycles. The zero-order valence-electron chi connectivity index (χ0n) is 30.9. The fourth-order valence-corrected chi connectivity index (χ4v) is 4.96. The number of amides is 1. The van der Waals surface area contributed by atoms with Crippen LogP contribution in [0.3, 0.4) is 0 Å². The van der Waals surface area contributed by atoms with Crippen molar-refractivity contribution in [1.29, 1.82) is 0 Å². The molecule has 4 rings (SSSR count). The number of fused-ring (bicyclic) bond motifs is 1. The summed E-state index contributed by atoms with van der Waals surface area (Å²) in [7, 11) is 1.63. The van der Waals surface area contributed by atoms with Crippen LogP contribution < -0.4 is 14.2 Å². The van der Waals surface area contributed by atoms with Crippen molar-refractivity contribution in [3.63, 3.8) is 0 Å². The average molecular weight is 631 g/mol. The molecule has 2 aliphatic rings. The zero-order valence-corrected chi connectivity index (χ0v) is 30.9. The molecule has 7 nitrogen and oxygen atoms in total. The molecule has 45 heavy (non-hydrogen) atoms. The Hall–Kier alpha value is -2.80. The second kappa shape index (κ2) is 24.4. The number of piperidine rings is 1. The molecule has 1 aromatic heterocycles. The van der Waals surface area contributed by atoms with E-state index in [1.54, 1.807) is 13.3 Å². The van der Waals surface area contributed by atoms with Gasteiger partial charge in [0, 0.05) is 49.0 Å². The van der Waals surface area contributed by atoms with Crippen molar-refractivity contribution in [3.8, 4) is 17.2 Å². The normalized spacial score (nSPS) is 14.7. The number of carbonyl (C=O) groups is 1. The quantitative estimate of drug-likeness (QED) is 0.172. The molecule has 0 atom stereocenters. The molecule has 0 radical (unpaired) electrons. The molecule has 0 bridgehead atoms. The van der Waals surface area contributed by atoms with Gasteiger partial charge in [0.1, 0.15) is 11.5 Å². The number of hydrogen-bond donors (Lipinski definition) is 0. The van der Waals surface area contributed by atoms with Crippen molar-refractivity contribution in [2.45, 2.75) is 121 Å². The van der Waals surface area contributed by atoms with E-state index in [0.29, 0.717) is 42.3 Å². The second-order valence-electron chi connectivity index (χ2n) is 10.8. The first-order valence-corrected chi connectivity index (χ1v) is 17.7. The van der Waals surface area contributed by atoms with Gasteiger partial charge in [-0.25, -0.2) is 0 Å².